The van der Waals surface area contributed by atoms with Crippen LogP contribution in [0.3, 0.4) is 0 Å². The second-order valence-corrected chi connectivity index (χ2v) is 2.43. The fourth-order valence-corrected chi connectivity index (χ4v) is 0.963. The van der Waals surface area contributed by atoms with Crippen molar-refractivity contribution in [1.29, 1.82) is 0 Å². The molecule has 0 saturated heterocycles. The first-order valence-corrected chi connectivity index (χ1v) is 3.47. The minimum absolute atomic E-state index is 0.162. The van der Waals surface area contributed by atoms with Crippen molar-refractivity contribution >= 4 is 0 Å². The summed E-state index contributed by atoms with van der Waals surface area (Å²) in [5.41, 5.74) is 5.95. The van der Waals surface area contributed by atoms with E-state index < -0.39 is 6.10 Å². The third kappa shape index (κ3) is 1.58. The number of aliphatic hydroxyl groups excluding tert-OH is 1. The summed E-state index contributed by atoms with van der Waals surface area (Å²) in [5.74, 6) is 1.04. The highest BCUT2D eigenvalue weighted by Gasteiger charge is 2.14. The van der Waals surface area contributed by atoms with E-state index in [1.54, 1.807) is 13.8 Å². The van der Waals surface area contributed by atoms with Crippen molar-refractivity contribution in [1.82, 2.24) is 4.98 Å². The van der Waals surface area contributed by atoms with Gasteiger partial charge >= 0.3 is 0 Å². The molecule has 11 heavy (non-hydrogen) atoms. The molecule has 1 rings (SSSR count). The van der Waals surface area contributed by atoms with E-state index in [9.17, 15) is 5.11 Å². The molecule has 1 aromatic rings. The largest absolute Gasteiger partial charge is 0.443 e. The number of oxazole rings is 1. The van der Waals surface area contributed by atoms with E-state index in [1.165, 1.54) is 0 Å². The van der Waals surface area contributed by atoms with Crippen LogP contribution in [0.25, 0.3) is 0 Å². The molecule has 3 N–H and O–H groups in total. The van der Waals surface area contributed by atoms with Crippen molar-refractivity contribution in [2.45, 2.75) is 20.0 Å². The van der Waals surface area contributed by atoms with Crippen LogP contribution in [0.5, 0.6) is 0 Å². The lowest BCUT2D eigenvalue weighted by atomic mass is 10.2. The van der Waals surface area contributed by atoms with E-state index in [-0.39, 0.29) is 6.54 Å². The number of aromatic nitrogens is 1. The lowest BCUT2D eigenvalue weighted by Crippen LogP contribution is -2.11. The summed E-state index contributed by atoms with van der Waals surface area (Å²) in [4.78, 5) is 4.00. The molecule has 0 saturated carbocycles. The summed E-state index contributed by atoms with van der Waals surface area (Å²) in [6.07, 6.45) is -0.726. The lowest BCUT2D eigenvalue weighted by Gasteiger charge is -2.02. The fourth-order valence-electron chi connectivity index (χ4n) is 0.963. The van der Waals surface area contributed by atoms with Gasteiger partial charge in [-0.05, 0) is 6.92 Å². The molecular formula is C7H12N2O2. The Labute approximate surface area is 65.0 Å². The minimum Gasteiger partial charge on any atom is -0.443 e. The van der Waals surface area contributed by atoms with Crippen molar-refractivity contribution in [3.05, 3.63) is 17.3 Å². The Balaban J connectivity index is 2.93. The van der Waals surface area contributed by atoms with Gasteiger partial charge in [0, 0.05) is 13.5 Å². The zero-order chi connectivity index (χ0) is 8.43. The summed E-state index contributed by atoms with van der Waals surface area (Å²) in [6, 6.07) is 0. The number of aliphatic hydroxyl groups is 1. The zero-order valence-electron chi connectivity index (χ0n) is 6.66. The van der Waals surface area contributed by atoms with Crippen LogP contribution < -0.4 is 5.73 Å². The molecule has 0 fully saturated rings. The van der Waals surface area contributed by atoms with Gasteiger partial charge in [-0.25, -0.2) is 4.98 Å². The van der Waals surface area contributed by atoms with E-state index in [4.69, 9.17) is 10.2 Å². The molecule has 1 atom stereocenters. The molecule has 0 radical (unpaired) electrons. The average Bonchev–Trinajstić information content (AvgIpc) is 2.28. The van der Waals surface area contributed by atoms with Crippen molar-refractivity contribution in [2.75, 3.05) is 6.54 Å². The van der Waals surface area contributed by atoms with Crippen LogP contribution in [0.2, 0.25) is 0 Å². The molecular weight excluding hydrogens is 144 g/mol. The first kappa shape index (κ1) is 8.23. The second-order valence-electron chi connectivity index (χ2n) is 2.43. The smallest absolute Gasteiger partial charge is 0.191 e. The highest BCUT2D eigenvalue weighted by molar-refractivity contribution is 5.10. The Hall–Kier alpha value is -0.870. The SMILES string of the molecule is Cc1nc(C)c(C(O)CN)o1. The highest BCUT2D eigenvalue weighted by atomic mass is 16.4. The van der Waals surface area contributed by atoms with E-state index >= 15 is 0 Å². The van der Waals surface area contributed by atoms with Gasteiger partial charge in [0.05, 0.1) is 5.69 Å². The van der Waals surface area contributed by atoms with Crippen molar-refractivity contribution in [3.63, 3.8) is 0 Å². The lowest BCUT2D eigenvalue weighted by molar-refractivity contribution is 0.155. The normalized spacial score (nSPS) is 13.5. The Kier molecular flexibility index (Phi) is 2.26. The fraction of sp³-hybridized carbons (Fsp3) is 0.571. The summed E-state index contributed by atoms with van der Waals surface area (Å²) < 4.78 is 5.13. The minimum atomic E-state index is -0.726. The second kappa shape index (κ2) is 3.02. The first-order valence-electron chi connectivity index (χ1n) is 3.47. The number of aryl methyl sites for hydroxylation is 2. The van der Waals surface area contributed by atoms with E-state index in [2.05, 4.69) is 4.98 Å². The number of nitrogens with zero attached hydrogens (tertiary/aromatic N) is 1. The quantitative estimate of drug-likeness (QED) is 0.645. The number of nitrogens with two attached hydrogens (primary N) is 1. The molecule has 0 aliphatic heterocycles. The van der Waals surface area contributed by atoms with Gasteiger partial charge in [0.2, 0.25) is 0 Å². The molecule has 0 amide bonds. The molecule has 1 aromatic heterocycles. The van der Waals surface area contributed by atoms with E-state index in [1.807, 2.05) is 0 Å². The predicted molar refractivity (Wildman–Crippen MR) is 40.0 cm³/mol. The van der Waals surface area contributed by atoms with Gasteiger partial charge in [0.1, 0.15) is 6.10 Å². The maximum Gasteiger partial charge on any atom is 0.191 e. The highest BCUT2D eigenvalue weighted by Crippen LogP contribution is 2.16. The predicted octanol–water partition coefficient (Wildman–Crippen LogP) is 0.284. The molecule has 62 valence electrons. The van der Waals surface area contributed by atoms with E-state index in [0.717, 1.165) is 0 Å². The summed E-state index contributed by atoms with van der Waals surface area (Å²) in [6.45, 7) is 3.68. The van der Waals surface area contributed by atoms with Crippen LogP contribution in [0, 0.1) is 13.8 Å². The van der Waals surface area contributed by atoms with Gasteiger partial charge in [0.25, 0.3) is 0 Å². The Bertz CT molecular complexity index is 245. The maximum absolute atomic E-state index is 9.26. The van der Waals surface area contributed by atoms with Crippen molar-refractivity contribution in [3.8, 4) is 0 Å². The number of rotatable bonds is 2. The van der Waals surface area contributed by atoms with Gasteiger partial charge in [-0.2, -0.15) is 0 Å². The molecule has 1 unspecified atom stereocenters. The van der Waals surface area contributed by atoms with Gasteiger partial charge < -0.3 is 15.3 Å². The van der Waals surface area contributed by atoms with Crippen molar-refractivity contribution < 1.29 is 9.52 Å². The zero-order valence-corrected chi connectivity index (χ0v) is 6.66. The molecule has 0 aliphatic rings. The van der Waals surface area contributed by atoms with Crippen molar-refractivity contribution in [2.24, 2.45) is 5.73 Å². The molecule has 0 aromatic carbocycles. The standard InChI is InChI=1S/C7H12N2O2/c1-4-7(6(10)3-8)11-5(2)9-4/h6,10H,3,8H2,1-2H3. The Morgan fingerprint density at radius 3 is 2.64 bits per heavy atom. The third-order valence-corrected chi connectivity index (χ3v) is 1.47. The van der Waals surface area contributed by atoms with Crippen LogP contribution in [0.15, 0.2) is 4.42 Å². The van der Waals surface area contributed by atoms with Gasteiger partial charge in [0.15, 0.2) is 11.7 Å². The Morgan fingerprint density at radius 1 is 1.64 bits per heavy atom. The van der Waals surface area contributed by atoms with Crippen LogP contribution >= 0.6 is 0 Å². The number of hydrogen-bond acceptors (Lipinski definition) is 4. The average molecular weight is 156 g/mol. The molecule has 4 heteroatoms. The summed E-state index contributed by atoms with van der Waals surface area (Å²) in [5, 5.41) is 9.26. The molecule has 0 bridgehead atoms. The molecule has 0 spiro atoms. The summed E-state index contributed by atoms with van der Waals surface area (Å²) >= 11 is 0. The summed E-state index contributed by atoms with van der Waals surface area (Å²) in [7, 11) is 0. The van der Waals surface area contributed by atoms with Crippen LogP contribution in [-0.2, 0) is 0 Å². The monoisotopic (exact) mass is 156 g/mol. The molecule has 1 heterocycles. The van der Waals surface area contributed by atoms with E-state index in [0.29, 0.717) is 17.3 Å². The first-order chi connectivity index (χ1) is 5.15. The molecule has 0 aliphatic carbocycles. The van der Waals surface area contributed by atoms with Crippen LogP contribution in [0.1, 0.15) is 23.4 Å². The third-order valence-electron chi connectivity index (χ3n) is 1.47. The van der Waals surface area contributed by atoms with Gasteiger partial charge in [-0.1, -0.05) is 0 Å². The maximum atomic E-state index is 9.26. The Morgan fingerprint density at radius 2 is 2.27 bits per heavy atom. The number of hydrogen-bond donors (Lipinski definition) is 2. The van der Waals surface area contributed by atoms with Crippen LogP contribution in [0.4, 0.5) is 0 Å². The van der Waals surface area contributed by atoms with Crippen LogP contribution in [-0.4, -0.2) is 16.6 Å². The van der Waals surface area contributed by atoms with Gasteiger partial charge in [-0.15, -0.1) is 0 Å². The molecule has 4 nitrogen and oxygen atoms in total. The topological polar surface area (TPSA) is 72.3 Å². The van der Waals surface area contributed by atoms with Gasteiger partial charge in [-0.3, -0.25) is 0 Å².